The highest BCUT2D eigenvalue weighted by molar-refractivity contribution is 5.06. The van der Waals surface area contributed by atoms with Gasteiger partial charge in [0.05, 0.1) is 12.7 Å². The normalized spacial score (nSPS) is 10.9. The first-order chi connectivity index (χ1) is 8.29. The van der Waals surface area contributed by atoms with Gasteiger partial charge >= 0.3 is 0 Å². The molecule has 0 spiro atoms. The van der Waals surface area contributed by atoms with Crippen molar-refractivity contribution in [2.24, 2.45) is 0 Å². The molecular weight excluding hydrogens is 212 g/mol. The minimum absolute atomic E-state index is 0.917. The van der Waals surface area contributed by atoms with E-state index in [0.29, 0.717) is 0 Å². The van der Waals surface area contributed by atoms with Crippen LogP contribution in [0.3, 0.4) is 0 Å². The van der Waals surface area contributed by atoms with E-state index in [0.717, 1.165) is 26.2 Å². The van der Waals surface area contributed by atoms with Crippen molar-refractivity contribution in [2.75, 3.05) is 6.54 Å². The highest BCUT2D eigenvalue weighted by Gasteiger charge is 1.98. The molecule has 2 heterocycles. The van der Waals surface area contributed by atoms with Crippen LogP contribution in [0.2, 0.25) is 0 Å². The van der Waals surface area contributed by atoms with Crippen LogP contribution >= 0.6 is 0 Å². The first kappa shape index (κ1) is 11.9. The lowest BCUT2D eigenvalue weighted by atomic mass is 10.4. The highest BCUT2D eigenvalue weighted by Crippen LogP contribution is 2.01. The van der Waals surface area contributed by atoms with E-state index in [2.05, 4.69) is 53.4 Å². The second kappa shape index (κ2) is 5.68. The van der Waals surface area contributed by atoms with Crippen molar-refractivity contribution in [1.82, 2.24) is 19.7 Å². The summed E-state index contributed by atoms with van der Waals surface area (Å²) in [4.78, 5) is 0. The summed E-state index contributed by atoms with van der Waals surface area (Å²) in [5, 5.41) is 7.69. The minimum Gasteiger partial charge on any atom is -0.351 e. The maximum Gasteiger partial charge on any atom is 0.0534 e. The van der Waals surface area contributed by atoms with Gasteiger partial charge in [0.15, 0.2) is 0 Å². The summed E-state index contributed by atoms with van der Waals surface area (Å²) in [6.45, 7) is 8.03. The van der Waals surface area contributed by atoms with Crippen LogP contribution in [-0.2, 0) is 19.6 Å². The molecule has 0 atom stereocenters. The van der Waals surface area contributed by atoms with Crippen LogP contribution in [-0.4, -0.2) is 20.9 Å². The lowest BCUT2D eigenvalue weighted by Crippen LogP contribution is -2.21. The number of nitrogens with zero attached hydrogens (tertiary/aromatic N) is 3. The molecule has 0 saturated heterocycles. The second-order valence-electron chi connectivity index (χ2n) is 4.24. The minimum atomic E-state index is 0.917. The van der Waals surface area contributed by atoms with Crippen molar-refractivity contribution in [1.29, 1.82) is 0 Å². The van der Waals surface area contributed by atoms with Crippen LogP contribution in [0.15, 0.2) is 30.7 Å². The van der Waals surface area contributed by atoms with Gasteiger partial charge in [-0.05, 0) is 31.5 Å². The standard InChI is InChI=1S/C13H20N4/c1-3-16-7-4-5-13(16)10-14-6-8-17-11-12(2)9-15-17/h4-5,7,9,11,14H,3,6,8,10H2,1-2H3. The van der Waals surface area contributed by atoms with E-state index in [4.69, 9.17) is 0 Å². The molecule has 4 nitrogen and oxygen atoms in total. The SMILES string of the molecule is CCn1cccc1CNCCn1cc(C)cn1. The molecule has 0 aliphatic rings. The molecule has 4 heteroatoms. The number of aryl methyl sites for hydroxylation is 2. The highest BCUT2D eigenvalue weighted by atomic mass is 15.3. The van der Waals surface area contributed by atoms with E-state index in [1.165, 1.54) is 11.3 Å². The number of rotatable bonds is 6. The fourth-order valence-corrected chi connectivity index (χ4v) is 1.92. The molecule has 0 amide bonds. The average Bonchev–Trinajstić information content (AvgIpc) is 2.93. The van der Waals surface area contributed by atoms with Gasteiger partial charge in [-0.3, -0.25) is 4.68 Å². The fourth-order valence-electron chi connectivity index (χ4n) is 1.92. The van der Waals surface area contributed by atoms with Crippen molar-refractivity contribution in [2.45, 2.75) is 33.5 Å². The van der Waals surface area contributed by atoms with Crippen LogP contribution in [0.25, 0.3) is 0 Å². The molecule has 0 aliphatic heterocycles. The van der Waals surface area contributed by atoms with Gasteiger partial charge in [0, 0.05) is 37.7 Å². The Balaban J connectivity index is 1.73. The summed E-state index contributed by atoms with van der Waals surface area (Å²) >= 11 is 0. The van der Waals surface area contributed by atoms with E-state index >= 15 is 0 Å². The zero-order valence-electron chi connectivity index (χ0n) is 10.6. The van der Waals surface area contributed by atoms with Gasteiger partial charge in [-0.25, -0.2) is 0 Å². The average molecular weight is 232 g/mol. The first-order valence-corrected chi connectivity index (χ1v) is 6.13. The Bertz CT molecular complexity index is 455. The summed E-state index contributed by atoms with van der Waals surface area (Å²) < 4.78 is 4.23. The predicted octanol–water partition coefficient (Wildman–Crippen LogP) is 1.80. The van der Waals surface area contributed by atoms with Crippen molar-refractivity contribution in [3.05, 3.63) is 42.0 Å². The summed E-state index contributed by atoms with van der Waals surface area (Å²) in [7, 11) is 0. The van der Waals surface area contributed by atoms with Gasteiger partial charge in [0.25, 0.3) is 0 Å². The largest absolute Gasteiger partial charge is 0.351 e. The van der Waals surface area contributed by atoms with Crippen molar-refractivity contribution in [3.63, 3.8) is 0 Å². The lowest BCUT2D eigenvalue weighted by Gasteiger charge is -2.08. The lowest BCUT2D eigenvalue weighted by molar-refractivity contribution is 0.542. The van der Waals surface area contributed by atoms with E-state index in [-0.39, 0.29) is 0 Å². The molecule has 2 aromatic rings. The molecule has 1 N–H and O–H groups in total. The topological polar surface area (TPSA) is 34.8 Å². The Kier molecular flexibility index (Phi) is 3.98. The van der Waals surface area contributed by atoms with E-state index in [9.17, 15) is 0 Å². The zero-order chi connectivity index (χ0) is 12.1. The molecule has 0 aliphatic carbocycles. The Hall–Kier alpha value is -1.55. The molecule has 92 valence electrons. The van der Waals surface area contributed by atoms with E-state index in [1.807, 2.05) is 10.9 Å². The first-order valence-electron chi connectivity index (χ1n) is 6.13. The summed E-state index contributed by atoms with van der Waals surface area (Å²) in [5.41, 5.74) is 2.55. The van der Waals surface area contributed by atoms with Gasteiger partial charge in [0.1, 0.15) is 0 Å². The molecule has 0 fully saturated rings. The number of aromatic nitrogens is 3. The van der Waals surface area contributed by atoms with Gasteiger partial charge in [-0.1, -0.05) is 0 Å². The third kappa shape index (κ3) is 3.20. The zero-order valence-corrected chi connectivity index (χ0v) is 10.6. The van der Waals surface area contributed by atoms with Gasteiger partial charge in [-0.2, -0.15) is 5.10 Å². The van der Waals surface area contributed by atoms with Gasteiger partial charge in [0.2, 0.25) is 0 Å². The third-order valence-corrected chi connectivity index (χ3v) is 2.85. The number of hydrogen-bond acceptors (Lipinski definition) is 2. The van der Waals surface area contributed by atoms with Crippen LogP contribution in [0.1, 0.15) is 18.2 Å². The van der Waals surface area contributed by atoms with Crippen LogP contribution in [0.5, 0.6) is 0 Å². The Labute approximate surface area is 102 Å². The fraction of sp³-hybridized carbons (Fsp3) is 0.462. The molecule has 0 radical (unpaired) electrons. The van der Waals surface area contributed by atoms with Crippen LogP contribution in [0.4, 0.5) is 0 Å². The molecular formula is C13H20N4. The van der Waals surface area contributed by atoms with Crippen LogP contribution in [0, 0.1) is 6.92 Å². The van der Waals surface area contributed by atoms with Crippen molar-refractivity contribution < 1.29 is 0 Å². The van der Waals surface area contributed by atoms with Crippen molar-refractivity contribution in [3.8, 4) is 0 Å². The summed E-state index contributed by atoms with van der Waals surface area (Å²) in [6.07, 6.45) is 6.08. The van der Waals surface area contributed by atoms with Crippen molar-refractivity contribution >= 4 is 0 Å². The van der Waals surface area contributed by atoms with E-state index in [1.54, 1.807) is 0 Å². The summed E-state index contributed by atoms with van der Waals surface area (Å²) in [5.74, 6) is 0. The smallest absolute Gasteiger partial charge is 0.0534 e. The van der Waals surface area contributed by atoms with E-state index < -0.39 is 0 Å². The van der Waals surface area contributed by atoms with Crippen LogP contribution < -0.4 is 5.32 Å². The molecule has 0 unspecified atom stereocenters. The Morgan fingerprint density at radius 3 is 3.00 bits per heavy atom. The van der Waals surface area contributed by atoms with Gasteiger partial charge < -0.3 is 9.88 Å². The summed E-state index contributed by atoms with van der Waals surface area (Å²) in [6, 6.07) is 4.26. The maximum atomic E-state index is 4.26. The quantitative estimate of drug-likeness (QED) is 0.771. The molecule has 0 bridgehead atoms. The molecule has 17 heavy (non-hydrogen) atoms. The number of hydrogen-bond donors (Lipinski definition) is 1. The third-order valence-electron chi connectivity index (χ3n) is 2.85. The maximum absolute atomic E-state index is 4.26. The number of nitrogens with one attached hydrogen (secondary N) is 1. The second-order valence-corrected chi connectivity index (χ2v) is 4.24. The molecule has 2 rings (SSSR count). The van der Waals surface area contributed by atoms with Gasteiger partial charge in [-0.15, -0.1) is 0 Å². The predicted molar refractivity (Wildman–Crippen MR) is 68.8 cm³/mol. The molecule has 0 saturated carbocycles. The Morgan fingerprint density at radius 2 is 2.29 bits per heavy atom. The monoisotopic (exact) mass is 232 g/mol. The molecule has 0 aromatic carbocycles. The Morgan fingerprint density at radius 1 is 1.41 bits per heavy atom. The molecule has 2 aromatic heterocycles.